The molecular weight excluding hydrogens is 347 g/mol. The highest BCUT2D eigenvalue weighted by atomic mass is 19.4. The predicted molar refractivity (Wildman–Crippen MR) is 76.1 cm³/mol. The maximum atomic E-state index is 12.4. The number of nitro groups is 1. The van der Waals surface area contributed by atoms with Gasteiger partial charge in [0.25, 0.3) is 0 Å². The monoisotopic (exact) mass is 359 g/mol. The summed E-state index contributed by atoms with van der Waals surface area (Å²) in [5.41, 5.74) is 0.224. The van der Waals surface area contributed by atoms with Crippen molar-refractivity contribution in [1.82, 2.24) is 9.55 Å². The Kier molecular flexibility index (Phi) is 4.49. The van der Waals surface area contributed by atoms with E-state index in [2.05, 4.69) is 9.72 Å². The number of halogens is 3. The molecule has 3 rings (SSSR count). The van der Waals surface area contributed by atoms with Crippen LogP contribution in [0.25, 0.3) is 0 Å². The van der Waals surface area contributed by atoms with Crippen molar-refractivity contribution < 1.29 is 32.3 Å². The fourth-order valence-electron chi connectivity index (χ4n) is 2.31. The van der Waals surface area contributed by atoms with E-state index in [9.17, 15) is 23.3 Å². The summed E-state index contributed by atoms with van der Waals surface area (Å²) in [5.74, 6) is -0.690. The van der Waals surface area contributed by atoms with Crippen LogP contribution in [0, 0.1) is 10.1 Å². The van der Waals surface area contributed by atoms with Crippen molar-refractivity contribution in [3.8, 4) is 11.8 Å². The van der Waals surface area contributed by atoms with Crippen LogP contribution in [0.5, 0.6) is 11.8 Å². The molecule has 0 spiro atoms. The van der Waals surface area contributed by atoms with Gasteiger partial charge in [-0.25, -0.2) is 0 Å². The molecule has 1 aliphatic heterocycles. The van der Waals surface area contributed by atoms with Crippen LogP contribution in [0.15, 0.2) is 30.5 Å². The Balaban J connectivity index is 1.64. The number of aromatic nitrogens is 2. The minimum Gasteiger partial charge on any atom is -0.443 e. The molecule has 2 heterocycles. The van der Waals surface area contributed by atoms with Gasteiger partial charge in [-0.15, -0.1) is 13.2 Å². The Morgan fingerprint density at radius 1 is 1.40 bits per heavy atom. The normalized spacial score (nSPS) is 16.8. The zero-order chi connectivity index (χ0) is 18.0. The van der Waals surface area contributed by atoms with Crippen LogP contribution in [0.4, 0.5) is 19.0 Å². The van der Waals surface area contributed by atoms with Gasteiger partial charge in [-0.1, -0.05) is 18.2 Å². The van der Waals surface area contributed by atoms with E-state index in [1.807, 2.05) is 0 Å². The number of alkyl halides is 3. The zero-order valence-corrected chi connectivity index (χ0v) is 12.6. The van der Waals surface area contributed by atoms with Gasteiger partial charge in [-0.05, 0) is 11.0 Å². The molecule has 1 aromatic heterocycles. The SMILES string of the molecule is O=[N+]([O-])c1cn2c(n1)OCC(OCc1ccccc1OC(F)(F)F)C2. The highest BCUT2D eigenvalue weighted by Gasteiger charge is 2.32. The first kappa shape index (κ1) is 17.0. The molecule has 25 heavy (non-hydrogen) atoms. The van der Waals surface area contributed by atoms with Crippen LogP contribution in [-0.2, 0) is 17.9 Å². The third kappa shape index (κ3) is 4.18. The molecule has 1 atom stereocenters. The summed E-state index contributed by atoms with van der Waals surface area (Å²) < 4.78 is 53.4. The molecule has 0 fully saturated rings. The summed E-state index contributed by atoms with van der Waals surface area (Å²) in [5, 5.41) is 10.7. The molecule has 8 nitrogen and oxygen atoms in total. The van der Waals surface area contributed by atoms with Crippen LogP contribution in [0.2, 0.25) is 0 Å². The van der Waals surface area contributed by atoms with E-state index in [0.29, 0.717) is 0 Å². The fraction of sp³-hybridized carbons (Fsp3) is 0.357. The largest absolute Gasteiger partial charge is 0.573 e. The van der Waals surface area contributed by atoms with E-state index in [-0.39, 0.29) is 42.9 Å². The maximum Gasteiger partial charge on any atom is 0.573 e. The van der Waals surface area contributed by atoms with Gasteiger partial charge in [0.15, 0.2) is 0 Å². The Morgan fingerprint density at radius 2 is 2.16 bits per heavy atom. The predicted octanol–water partition coefficient (Wildman–Crippen LogP) is 2.67. The lowest BCUT2D eigenvalue weighted by Crippen LogP contribution is -2.32. The molecule has 1 aromatic carbocycles. The highest BCUT2D eigenvalue weighted by Crippen LogP contribution is 2.28. The molecule has 0 amide bonds. The topological polar surface area (TPSA) is 88.7 Å². The quantitative estimate of drug-likeness (QED) is 0.602. The number of rotatable bonds is 5. The molecule has 0 saturated carbocycles. The highest BCUT2D eigenvalue weighted by molar-refractivity contribution is 5.33. The molecule has 1 unspecified atom stereocenters. The van der Waals surface area contributed by atoms with E-state index < -0.39 is 17.4 Å². The van der Waals surface area contributed by atoms with Gasteiger partial charge < -0.3 is 24.3 Å². The minimum absolute atomic E-state index is 0.0798. The third-order valence-electron chi connectivity index (χ3n) is 3.39. The second-order valence-electron chi connectivity index (χ2n) is 5.19. The summed E-state index contributed by atoms with van der Waals surface area (Å²) >= 11 is 0. The van der Waals surface area contributed by atoms with Gasteiger partial charge in [-0.2, -0.15) is 0 Å². The molecule has 1 aliphatic rings. The number of nitrogens with zero attached hydrogens (tertiary/aromatic N) is 3. The first-order chi connectivity index (χ1) is 11.8. The molecule has 0 saturated heterocycles. The Morgan fingerprint density at radius 3 is 2.88 bits per heavy atom. The zero-order valence-electron chi connectivity index (χ0n) is 12.6. The summed E-state index contributed by atoms with van der Waals surface area (Å²) in [6.45, 7) is 0.182. The van der Waals surface area contributed by atoms with Crippen molar-refractivity contribution in [2.75, 3.05) is 6.61 Å². The lowest BCUT2D eigenvalue weighted by molar-refractivity contribution is -0.389. The van der Waals surface area contributed by atoms with Gasteiger partial charge in [-0.3, -0.25) is 4.57 Å². The van der Waals surface area contributed by atoms with Crippen LogP contribution >= 0.6 is 0 Å². The number of para-hydroxylation sites is 1. The van der Waals surface area contributed by atoms with Crippen LogP contribution in [-0.4, -0.2) is 33.5 Å². The van der Waals surface area contributed by atoms with Crippen LogP contribution < -0.4 is 9.47 Å². The lowest BCUT2D eigenvalue weighted by atomic mass is 10.2. The van der Waals surface area contributed by atoms with Crippen LogP contribution in [0.1, 0.15) is 5.56 Å². The van der Waals surface area contributed by atoms with Crippen molar-refractivity contribution in [1.29, 1.82) is 0 Å². The van der Waals surface area contributed by atoms with Crippen LogP contribution in [0.3, 0.4) is 0 Å². The standard InChI is InChI=1S/C14H12F3N3O5/c15-14(16,17)25-11-4-2-1-3-9(11)7-23-10-5-19-6-12(20(21)22)18-13(19)24-8-10/h1-4,6,10H,5,7-8H2. The van der Waals surface area contributed by atoms with E-state index in [0.717, 1.165) is 0 Å². The number of fused-ring (bicyclic) bond motifs is 1. The molecule has 11 heteroatoms. The van der Waals surface area contributed by atoms with E-state index in [1.165, 1.54) is 29.0 Å². The lowest BCUT2D eigenvalue weighted by Gasteiger charge is -2.23. The first-order valence-corrected chi connectivity index (χ1v) is 7.11. The van der Waals surface area contributed by atoms with Gasteiger partial charge in [0, 0.05) is 10.5 Å². The Bertz CT molecular complexity index is 777. The van der Waals surface area contributed by atoms with Crippen molar-refractivity contribution in [3.05, 3.63) is 46.1 Å². The Labute approximate surface area is 138 Å². The molecule has 0 bridgehead atoms. The number of hydrogen-bond donors (Lipinski definition) is 0. The Hall–Kier alpha value is -2.82. The molecule has 134 valence electrons. The van der Waals surface area contributed by atoms with E-state index in [1.54, 1.807) is 6.07 Å². The van der Waals surface area contributed by atoms with Gasteiger partial charge in [0.1, 0.15) is 24.7 Å². The van der Waals surface area contributed by atoms with Gasteiger partial charge in [0.2, 0.25) is 0 Å². The molecule has 2 aromatic rings. The third-order valence-corrected chi connectivity index (χ3v) is 3.39. The summed E-state index contributed by atoms with van der Waals surface area (Å²) in [4.78, 5) is 13.8. The maximum absolute atomic E-state index is 12.4. The second kappa shape index (κ2) is 6.59. The second-order valence-corrected chi connectivity index (χ2v) is 5.19. The number of benzene rings is 1. The number of imidazole rings is 1. The summed E-state index contributed by atoms with van der Waals surface area (Å²) in [7, 11) is 0. The van der Waals surface area contributed by atoms with Crippen molar-refractivity contribution >= 4 is 5.82 Å². The van der Waals surface area contributed by atoms with Crippen molar-refractivity contribution in [2.45, 2.75) is 25.6 Å². The number of hydrogen-bond acceptors (Lipinski definition) is 6. The smallest absolute Gasteiger partial charge is 0.443 e. The average molecular weight is 359 g/mol. The van der Waals surface area contributed by atoms with Gasteiger partial charge >= 0.3 is 18.2 Å². The van der Waals surface area contributed by atoms with Crippen molar-refractivity contribution in [3.63, 3.8) is 0 Å². The molecule has 0 radical (unpaired) electrons. The molecule has 0 N–H and O–H groups in total. The summed E-state index contributed by atoms with van der Waals surface area (Å²) in [6.07, 6.45) is -4.08. The number of ether oxygens (including phenoxy) is 3. The fourth-order valence-corrected chi connectivity index (χ4v) is 2.31. The van der Waals surface area contributed by atoms with E-state index in [4.69, 9.17) is 9.47 Å². The van der Waals surface area contributed by atoms with E-state index >= 15 is 0 Å². The van der Waals surface area contributed by atoms with Gasteiger partial charge in [0.05, 0.1) is 13.2 Å². The average Bonchev–Trinajstić information content (AvgIpc) is 2.96. The first-order valence-electron chi connectivity index (χ1n) is 7.11. The van der Waals surface area contributed by atoms with Crippen molar-refractivity contribution in [2.24, 2.45) is 0 Å². The molecule has 0 aliphatic carbocycles. The minimum atomic E-state index is -4.80. The molecular formula is C14H12F3N3O5. The summed E-state index contributed by atoms with van der Waals surface area (Å²) in [6, 6.07) is 5.74.